The molecule has 2 heterocycles. The molecule has 80 valence electrons. The van der Waals surface area contributed by atoms with Gasteiger partial charge in [-0.15, -0.1) is 0 Å². The fourth-order valence-corrected chi connectivity index (χ4v) is 2.34. The van der Waals surface area contributed by atoms with Gasteiger partial charge in [0.25, 0.3) is 0 Å². The highest BCUT2D eigenvalue weighted by Gasteiger charge is 2.36. The van der Waals surface area contributed by atoms with Crippen LogP contribution in [0.25, 0.3) is 0 Å². The maximum absolute atomic E-state index is 11.2. The highest BCUT2D eigenvalue weighted by Crippen LogP contribution is 2.27. The van der Waals surface area contributed by atoms with Crippen molar-refractivity contribution in [1.82, 2.24) is 5.32 Å². The summed E-state index contributed by atoms with van der Waals surface area (Å²) < 4.78 is 10.3. The minimum atomic E-state index is -0.148. The molecule has 0 radical (unpaired) electrons. The van der Waals surface area contributed by atoms with E-state index in [0.717, 1.165) is 32.4 Å². The largest absolute Gasteiger partial charge is 0.468 e. The summed E-state index contributed by atoms with van der Waals surface area (Å²) in [5.74, 6) is 0.340. The van der Waals surface area contributed by atoms with Gasteiger partial charge in [-0.3, -0.25) is 4.79 Å². The molecule has 0 aromatic heterocycles. The van der Waals surface area contributed by atoms with Crippen molar-refractivity contribution in [3.8, 4) is 0 Å². The summed E-state index contributed by atoms with van der Waals surface area (Å²) in [5, 5.41) is 3.18. The fraction of sp³-hybridized carbons (Fsp3) is 0.900. The van der Waals surface area contributed by atoms with Gasteiger partial charge in [0.15, 0.2) is 0 Å². The Balaban J connectivity index is 1.84. The van der Waals surface area contributed by atoms with Gasteiger partial charge in [0.05, 0.1) is 13.2 Å². The second-order valence-electron chi connectivity index (χ2n) is 4.03. The fourth-order valence-electron chi connectivity index (χ4n) is 2.34. The summed E-state index contributed by atoms with van der Waals surface area (Å²) >= 11 is 0. The molecule has 0 aliphatic carbocycles. The lowest BCUT2D eigenvalue weighted by Gasteiger charge is -2.16. The van der Waals surface area contributed by atoms with E-state index >= 15 is 0 Å². The summed E-state index contributed by atoms with van der Waals surface area (Å²) in [6, 6.07) is -0.116. The summed E-state index contributed by atoms with van der Waals surface area (Å²) in [6.45, 7) is 1.76. The summed E-state index contributed by atoms with van der Waals surface area (Å²) in [7, 11) is 1.43. The number of esters is 1. The third-order valence-electron chi connectivity index (χ3n) is 3.14. The van der Waals surface area contributed by atoms with E-state index in [1.165, 1.54) is 7.11 Å². The first-order chi connectivity index (χ1) is 6.81. The first-order valence-corrected chi connectivity index (χ1v) is 5.24. The van der Waals surface area contributed by atoms with Crippen molar-refractivity contribution in [2.45, 2.75) is 31.4 Å². The minimum Gasteiger partial charge on any atom is -0.468 e. The van der Waals surface area contributed by atoms with Crippen LogP contribution in [0.3, 0.4) is 0 Å². The summed E-state index contributed by atoms with van der Waals surface area (Å²) in [6.07, 6.45) is 3.51. The molecule has 4 heteroatoms. The van der Waals surface area contributed by atoms with Crippen molar-refractivity contribution in [1.29, 1.82) is 0 Å². The number of hydrogen-bond acceptors (Lipinski definition) is 4. The molecule has 0 spiro atoms. The van der Waals surface area contributed by atoms with Crippen molar-refractivity contribution in [3.05, 3.63) is 0 Å². The molecule has 2 rings (SSSR count). The first-order valence-electron chi connectivity index (χ1n) is 5.24. The van der Waals surface area contributed by atoms with E-state index in [9.17, 15) is 4.79 Å². The van der Waals surface area contributed by atoms with E-state index < -0.39 is 0 Å². The lowest BCUT2D eigenvalue weighted by molar-refractivity contribution is -0.142. The first kappa shape index (κ1) is 9.93. The Morgan fingerprint density at radius 3 is 3.07 bits per heavy atom. The predicted octanol–water partition coefficient (Wildman–Crippen LogP) is 0.316. The Morgan fingerprint density at radius 2 is 2.43 bits per heavy atom. The van der Waals surface area contributed by atoms with Gasteiger partial charge in [-0.05, 0) is 25.2 Å². The van der Waals surface area contributed by atoms with Crippen molar-refractivity contribution in [2.24, 2.45) is 5.92 Å². The van der Waals surface area contributed by atoms with Crippen LogP contribution in [0.1, 0.15) is 19.3 Å². The van der Waals surface area contributed by atoms with Gasteiger partial charge < -0.3 is 14.8 Å². The second-order valence-corrected chi connectivity index (χ2v) is 4.03. The quantitative estimate of drug-likeness (QED) is 0.650. The lowest BCUT2D eigenvalue weighted by Crippen LogP contribution is -2.31. The zero-order valence-corrected chi connectivity index (χ0v) is 8.49. The average molecular weight is 199 g/mol. The minimum absolute atomic E-state index is 0.116. The molecule has 4 nitrogen and oxygen atoms in total. The van der Waals surface area contributed by atoms with Crippen molar-refractivity contribution in [3.63, 3.8) is 0 Å². The van der Waals surface area contributed by atoms with E-state index in [2.05, 4.69) is 5.32 Å². The smallest absolute Gasteiger partial charge is 0.322 e. The van der Waals surface area contributed by atoms with Crippen LogP contribution >= 0.6 is 0 Å². The highest BCUT2D eigenvalue weighted by molar-refractivity contribution is 5.76. The molecule has 2 saturated heterocycles. The Kier molecular flexibility index (Phi) is 3.03. The highest BCUT2D eigenvalue weighted by atomic mass is 16.5. The van der Waals surface area contributed by atoms with Crippen molar-refractivity contribution in [2.75, 3.05) is 20.3 Å². The molecule has 0 aromatic rings. The van der Waals surface area contributed by atoms with Crippen LogP contribution in [-0.2, 0) is 14.3 Å². The Morgan fingerprint density at radius 1 is 1.57 bits per heavy atom. The predicted molar refractivity (Wildman–Crippen MR) is 50.9 cm³/mol. The third kappa shape index (κ3) is 1.91. The standard InChI is InChI=1S/C10H17NO3/c1-13-10(12)8-5-7(6-11-8)9-3-2-4-14-9/h7-9,11H,2-6H2,1H3. The van der Waals surface area contributed by atoms with Crippen molar-refractivity contribution >= 4 is 5.97 Å². The Hall–Kier alpha value is -0.610. The molecule has 3 unspecified atom stereocenters. The van der Waals surface area contributed by atoms with Gasteiger partial charge in [0.2, 0.25) is 0 Å². The van der Waals surface area contributed by atoms with Crippen LogP contribution in [0.2, 0.25) is 0 Å². The van der Waals surface area contributed by atoms with E-state index in [1.807, 2.05) is 0 Å². The molecule has 3 atom stereocenters. The zero-order valence-electron chi connectivity index (χ0n) is 8.49. The zero-order chi connectivity index (χ0) is 9.97. The second kappa shape index (κ2) is 4.28. The molecule has 14 heavy (non-hydrogen) atoms. The molecule has 1 N–H and O–H groups in total. The van der Waals surface area contributed by atoms with Crippen LogP contribution in [0.15, 0.2) is 0 Å². The van der Waals surface area contributed by atoms with Gasteiger partial charge in [0.1, 0.15) is 6.04 Å². The number of rotatable bonds is 2. The number of carbonyl (C=O) groups is 1. The Bertz CT molecular complexity index is 213. The lowest BCUT2D eigenvalue weighted by atomic mass is 9.97. The van der Waals surface area contributed by atoms with E-state index in [1.54, 1.807) is 0 Å². The van der Waals surface area contributed by atoms with Crippen molar-refractivity contribution < 1.29 is 14.3 Å². The Labute approximate surface area is 84.0 Å². The molecule has 2 aliphatic rings. The molecule has 0 saturated carbocycles. The molecule has 0 bridgehead atoms. The molecule has 2 aliphatic heterocycles. The summed E-state index contributed by atoms with van der Waals surface area (Å²) in [4.78, 5) is 11.2. The van der Waals surface area contributed by atoms with E-state index in [0.29, 0.717) is 12.0 Å². The van der Waals surface area contributed by atoms with Crippen LogP contribution in [0, 0.1) is 5.92 Å². The normalized spacial score (nSPS) is 37.4. The number of hydrogen-bond donors (Lipinski definition) is 1. The number of ether oxygens (including phenoxy) is 2. The third-order valence-corrected chi connectivity index (χ3v) is 3.14. The van der Waals surface area contributed by atoms with Crippen LogP contribution in [0.4, 0.5) is 0 Å². The van der Waals surface area contributed by atoms with Gasteiger partial charge in [-0.2, -0.15) is 0 Å². The number of methoxy groups -OCH3 is 1. The monoisotopic (exact) mass is 199 g/mol. The molecule has 2 fully saturated rings. The molecule has 0 amide bonds. The SMILES string of the molecule is COC(=O)C1CC(C2CCCO2)CN1. The van der Waals surface area contributed by atoms with Crippen LogP contribution < -0.4 is 5.32 Å². The van der Waals surface area contributed by atoms with Crippen LogP contribution in [0.5, 0.6) is 0 Å². The maximum atomic E-state index is 11.2. The van der Waals surface area contributed by atoms with E-state index in [-0.39, 0.29) is 12.0 Å². The topological polar surface area (TPSA) is 47.6 Å². The van der Waals surface area contributed by atoms with Crippen LogP contribution in [-0.4, -0.2) is 38.4 Å². The maximum Gasteiger partial charge on any atom is 0.322 e. The number of carbonyl (C=O) groups excluding carboxylic acids is 1. The van der Waals surface area contributed by atoms with Gasteiger partial charge in [0, 0.05) is 13.2 Å². The number of nitrogens with one attached hydrogen (secondary N) is 1. The average Bonchev–Trinajstić information content (AvgIpc) is 2.86. The molecule has 0 aromatic carbocycles. The molecular formula is C10H17NO3. The summed E-state index contributed by atoms with van der Waals surface area (Å²) in [5.41, 5.74) is 0. The van der Waals surface area contributed by atoms with Gasteiger partial charge >= 0.3 is 5.97 Å². The molecular weight excluding hydrogens is 182 g/mol. The van der Waals surface area contributed by atoms with Gasteiger partial charge in [-0.1, -0.05) is 0 Å². The van der Waals surface area contributed by atoms with E-state index in [4.69, 9.17) is 9.47 Å². The van der Waals surface area contributed by atoms with Gasteiger partial charge in [-0.25, -0.2) is 0 Å².